The van der Waals surface area contributed by atoms with Gasteiger partial charge in [0.25, 0.3) is 0 Å². The highest BCUT2D eigenvalue weighted by molar-refractivity contribution is 6.10. The summed E-state index contributed by atoms with van der Waals surface area (Å²) in [5.41, 5.74) is 11.8. The van der Waals surface area contributed by atoms with Crippen LogP contribution in [0.15, 0.2) is 152 Å². The van der Waals surface area contributed by atoms with E-state index in [1.807, 2.05) is 12.1 Å². The number of benzene rings is 7. The molecule has 3 heteroatoms. The summed E-state index contributed by atoms with van der Waals surface area (Å²) >= 11 is 0. The third-order valence-corrected chi connectivity index (χ3v) is 12.8. The van der Waals surface area contributed by atoms with Gasteiger partial charge < -0.3 is 14.0 Å². The van der Waals surface area contributed by atoms with E-state index < -0.39 is 5.60 Å². The zero-order chi connectivity index (χ0) is 35.9. The SMILES string of the molecule is COc1ccc(C2(c3ccc(-n4c5ccccc5c5ccccc54)cc3)C=Cc3c4c(c5ccccc5c3O2)-c2ccccc2C42CCCCCC2)cc1. The Bertz CT molecular complexity index is 2730. The minimum Gasteiger partial charge on any atom is -0.497 e. The molecule has 1 saturated carbocycles. The Kier molecular flexibility index (Phi) is 6.98. The van der Waals surface area contributed by atoms with Gasteiger partial charge in [0.05, 0.1) is 18.1 Å². The zero-order valence-corrected chi connectivity index (χ0v) is 30.5. The Labute approximate surface area is 316 Å². The molecule has 1 unspecified atom stereocenters. The highest BCUT2D eigenvalue weighted by Gasteiger charge is 2.48. The van der Waals surface area contributed by atoms with Crippen molar-refractivity contribution in [3.8, 4) is 28.3 Å². The van der Waals surface area contributed by atoms with Gasteiger partial charge in [-0.3, -0.25) is 0 Å². The monoisotopic (exact) mass is 699 g/mol. The first-order chi connectivity index (χ1) is 26.7. The van der Waals surface area contributed by atoms with Crippen LogP contribution in [-0.4, -0.2) is 11.7 Å². The lowest BCUT2D eigenvalue weighted by molar-refractivity contribution is 0.163. The molecule has 1 atom stereocenters. The van der Waals surface area contributed by atoms with Crippen LogP contribution in [0.3, 0.4) is 0 Å². The van der Waals surface area contributed by atoms with Gasteiger partial charge in [-0.15, -0.1) is 0 Å². The normalized spacial score (nSPS) is 18.3. The van der Waals surface area contributed by atoms with Crippen LogP contribution in [0.2, 0.25) is 0 Å². The second-order valence-corrected chi connectivity index (χ2v) is 15.4. The van der Waals surface area contributed by atoms with E-state index in [0.717, 1.165) is 33.7 Å². The second kappa shape index (κ2) is 12.0. The van der Waals surface area contributed by atoms with Crippen LogP contribution in [0, 0.1) is 0 Å². The molecular formula is C51H41NO2. The third-order valence-electron chi connectivity index (χ3n) is 12.8. The first-order valence-electron chi connectivity index (χ1n) is 19.5. The summed E-state index contributed by atoms with van der Waals surface area (Å²) in [6, 6.07) is 53.0. The number of aromatic nitrogens is 1. The molecule has 0 radical (unpaired) electrons. The predicted octanol–water partition coefficient (Wildman–Crippen LogP) is 12.9. The lowest BCUT2D eigenvalue weighted by Crippen LogP contribution is -2.35. The maximum atomic E-state index is 7.70. The van der Waals surface area contributed by atoms with Gasteiger partial charge in [-0.25, -0.2) is 0 Å². The Morgan fingerprint density at radius 3 is 1.81 bits per heavy atom. The van der Waals surface area contributed by atoms with Gasteiger partial charge in [0.2, 0.25) is 0 Å². The maximum absolute atomic E-state index is 7.70. The molecule has 8 aromatic rings. The first kappa shape index (κ1) is 31.5. The van der Waals surface area contributed by atoms with Gasteiger partial charge in [0.15, 0.2) is 5.60 Å². The number of ether oxygens (including phenoxy) is 2. The number of hydrogen-bond acceptors (Lipinski definition) is 2. The standard InChI is InChI=1S/C51H41NO2/c1-53-37-28-24-35(25-29-37)51(34-22-26-36(27-23-34)52-45-20-10-7-14-38(45)39-15-8-11-21-46(39)52)33-30-43-48-47(40-16-4-5-17-41(40)49(43)54-51)42-18-6-9-19-44(42)50(48)31-12-2-3-13-32-50/h4-11,14-30,33H,2-3,12-13,31-32H2,1H3. The number of nitrogens with zero attached hydrogens (tertiary/aromatic N) is 1. The average Bonchev–Trinajstić information content (AvgIpc) is 3.59. The van der Waals surface area contributed by atoms with E-state index in [4.69, 9.17) is 9.47 Å². The van der Waals surface area contributed by atoms with Crippen LogP contribution in [-0.2, 0) is 11.0 Å². The molecule has 2 aliphatic carbocycles. The summed E-state index contributed by atoms with van der Waals surface area (Å²) in [4.78, 5) is 0. The van der Waals surface area contributed by atoms with Gasteiger partial charge in [0, 0.05) is 44.0 Å². The quantitative estimate of drug-likeness (QED) is 0.183. The highest BCUT2D eigenvalue weighted by Crippen LogP contribution is 2.61. The smallest absolute Gasteiger partial charge is 0.178 e. The van der Waals surface area contributed by atoms with E-state index >= 15 is 0 Å². The summed E-state index contributed by atoms with van der Waals surface area (Å²) in [6.07, 6.45) is 12.2. The molecule has 54 heavy (non-hydrogen) atoms. The largest absolute Gasteiger partial charge is 0.497 e. The summed E-state index contributed by atoms with van der Waals surface area (Å²) in [7, 11) is 1.72. The van der Waals surface area contributed by atoms with Crippen LogP contribution in [0.25, 0.3) is 55.5 Å². The molecule has 3 aliphatic rings. The number of methoxy groups -OCH3 is 1. The van der Waals surface area contributed by atoms with Crippen LogP contribution in [0.1, 0.15) is 66.3 Å². The first-order valence-corrected chi connectivity index (χ1v) is 19.5. The molecule has 0 saturated heterocycles. The van der Waals surface area contributed by atoms with Crippen molar-refractivity contribution in [1.82, 2.24) is 4.57 Å². The number of para-hydroxylation sites is 2. The second-order valence-electron chi connectivity index (χ2n) is 15.4. The van der Waals surface area contributed by atoms with Gasteiger partial charge in [-0.1, -0.05) is 141 Å². The lowest BCUT2D eigenvalue weighted by Gasteiger charge is -2.39. The fourth-order valence-electron chi connectivity index (χ4n) is 10.3. The molecule has 0 N–H and O–H groups in total. The Balaban J connectivity index is 1.14. The van der Waals surface area contributed by atoms with Crippen molar-refractivity contribution < 1.29 is 9.47 Å². The van der Waals surface area contributed by atoms with E-state index in [1.165, 1.54) is 93.5 Å². The molecule has 0 amide bonds. The van der Waals surface area contributed by atoms with Gasteiger partial charge in [0.1, 0.15) is 11.5 Å². The number of fused-ring (bicyclic) bond motifs is 13. The highest BCUT2D eigenvalue weighted by atomic mass is 16.5. The summed E-state index contributed by atoms with van der Waals surface area (Å²) in [5.74, 6) is 1.80. The number of hydrogen-bond donors (Lipinski definition) is 0. The van der Waals surface area contributed by atoms with E-state index in [-0.39, 0.29) is 5.41 Å². The molecule has 11 rings (SSSR count). The molecule has 7 aromatic carbocycles. The molecule has 0 bridgehead atoms. The lowest BCUT2D eigenvalue weighted by atomic mass is 9.70. The summed E-state index contributed by atoms with van der Waals surface area (Å²) < 4.78 is 15.7. The molecule has 2 heterocycles. The molecule has 1 aliphatic heterocycles. The van der Waals surface area contributed by atoms with Crippen molar-refractivity contribution >= 4 is 38.7 Å². The van der Waals surface area contributed by atoms with Crippen molar-refractivity contribution in [2.75, 3.05) is 7.11 Å². The molecular weight excluding hydrogens is 659 g/mol. The van der Waals surface area contributed by atoms with Crippen molar-refractivity contribution in [2.24, 2.45) is 0 Å². The summed E-state index contributed by atoms with van der Waals surface area (Å²) in [5, 5.41) is 4.96. The third kappa shape index (κ3) is 4.36. The van der Waals surface area contributed by atoms with Crippen molar-refractivity contribution in [2.45, 2.75) is 49.5 Å². The number of rotatable bonds is 4. The minimum absolute atomic E-state index is 0.0195. The fraction of sp³-hybridized carbons (Fsp3) is 0.176. The van der Waals surface area contributed by atoms with E-state index in [0.29, 0.717) is 0 Å². The minimum atomic E-state index is -0.863. The molecule has 1 spiro atoms. The van der Waals surface area contributed by atoms with Gasteiger partial charge in [-0.05, 0) is 83.0 Å². The van der Waals surface area contributed by atoms with Gasteiger partial charge in [-0.2, -0.15) is 0 Å². The zero-order valence-electron chi connectivity index (χ0n) is 30.5. The maximum Gasteiger partial charge on any atom is 0.178 e. The molecule has 1 aromatic heterocycles. The molecule has 262 valence electrons. The Morgan fingerprint density at radius 2 is 1.15 bits per heavy atom. The van der Waals surface area contributed by atoms with E-state index in [2.05, 4.69) is 150 Å². The van der Waals surface area contributed by atoms with Crippen LogP contribution < -0.4 is 9.47 Å². The van der Waals surface area contributed by atoms with Crippen molar-refractivity contribution in [3.05, 3.63) is 179 Å². The van der Waals surface area contributed by atoms with Crippen molar-refractivity contribution in [1.29, 1.82) is 0 Å². The predicted molar refractivity (Wildman–Crippen MR) is 222 cm³/mol. The van der Waals surface area contributed by atoms with E-state index in [9.17, 15) is 0 Å². The Hall–Kier alpha value is -6.06. The van der Waals surface area contributed by atoms with Crippen LogP contribution in [0.5, 0.6) is 11.5 Å². The van der Waals surface area contributed by atoms with Crippen LogP contribution in [0.4, 0.5) is 0 Å². The van der Waals surface area contributed by atoms with Crippen molar-refractivity contribution in [3.63, 3.8) is 0 Å². The average molecular weight is 700 g/mol. The molecule has 3 nitrogen and oxygen atoms in total. The summed E-state index contributed by atoms with van der Waals surface area (Å²) in [6.45, 7) is 0. The van der Waals surface area contributed by atoms with E-state index in [1.54, 1.807) is 7.11 Å². The fourth-order valence-corrected chi connectivity index (χ4v) is 10.3. The topological polar surface area (TPSA) is 23.4 Å². The Morgan fingerprint density at radius 1 is 0.574 bits per heavy atom. The molecule has 1 fully saturated rings. The van der Waals surface area contributed by atoms with Gasteiger partial charge >= 0.3 is 0 Å². The van der Waals surface area contributed by atoms with Crippen LogP contribution >= 0.6 is 0 Å².